The number of carbonyl (C=O) groups excluding carboxylic acids is 2. The van der Waals surface area contributed by atoms with E-state index in [-0.39, 0.29) is 42.1 Å². The number of unbranched alkanes of at least 4 members (excludes halogenated alkanes) is 1. The van der Waals surface area contributed by atoms with E-state index < -0.39 is 93.0 Å². The first-order valence-electron chi connectivity index (χ1n) is 18.8. The molecule has 0 saturated carbocycles. The van der Waals surface area contributed by atoms with Crippen molar-refractivity contribution in [1.82, 2.24) is 30.8 Å². The van der Waals surface area contributed by atoms with Crippen molar-refractivity contribution in [2.45, 2.75) is 100 Å². The minimum Gasteiger partial charge on any atom is -0.394 e. The monoisotopic (exact) mass is 845 g/mol. The van der Waals surface area contributed by atoms with E-state index in [0.717, 1.165) is 24.0 Å². The van der Waals surface area contributed by atoms with Gasteiger partial charge in [-0.3, -0.25) is 25.2 Å². The van der Waals surface area contributed by atoms with Gasteiger partial charge in [0.15, 0.2) is 22.6 Å². The van der Waals surface area contributed by atoms with E-state index >= 15 is 0 Å². The molecule has 2 amide bonds. The average Bonchev–Trinajstić information content (AvgIpc) is 3.19. The fourth-order valence-corrected chi connectivity index (χ4v) is 5.93. The lowest BCUT2D eigenvalue weighted by atomic mass is 10.0. The number of nitrogens with zero attached hydrogens (tertiary/aromatic N) is 3. The molecule has 22 heteroatoms. The summed E-state index contributed by atoms with van der Waals surface area (Å²) in [6.45, 7) is -0.250. The molecule has 21 nitrogen and oxygen atoms in total. The SMILES string of the molecule is Cc1nc(N)c(C(=O)NC(=N)NCCCCc2ccc(CCC(NCCCN(CC(O)C(O)C(O)C(O)CO)CC(O)C(O)C(O)C(O)CO)C(N)=O)cc2)nc1Cl. The lowest BCUT2D eigenvalue weighted by Gasteiger charge is -2.33. The topological polar surface area (TPSA) is 377 Å². The van der Waals surface area contributed by atoms with Gasteiger partial charge in [-0.25, -0.2) is 9.97 Å². The van der Waals surface area contributed by atoms with Crippen molar-refractivity contribution in [2.24, 2.45) is 5.73 Å². The highest BCUT2D eigenvalue weighted by Gasteiger charge is 2.34. The van der Waals surface area contributed by atoms with Gasteiger partial charge in [0.2, 0.25) is 5.91 Å². The number of aromatic nitrogens is 2. The maximum absolute atomic E-state index is 12.4. The van der Waals surface area contributed by atoms with Crippen LogP contribution in [0.4, 0.5) is 5.82 Å². The number of aryl methyl sites for hydroxylation is 3. The molecule has 328 valence electrons. The third kappa shape index (κ3) is 16.9. The van der Waals surface area contributed by atoms with Crippen LogP contribution in [-0.4, -0.2) is 185 Å². The van der Waals surface area contributed by atoms with Crippen LogP contribution in [0.25, 0.3) is 0 Å². The number of primary amides is 1. The molecule has 0 aliphatic rings. The van der Waals surface area contributed by atoms with E-state index in [4.69, 9.17) is 38.7 Å². The van der Waals surface area contributed by atoms with Crippen molar-refractivity contribution in [1.29, 1.82) is 5.41 Å². The van der Waals surface area contributed by atoms with E-state index in [0.29, 0.717) is 31.5 Å². The Morgan fingerprint density at radius 1 is 0.793 bits per heavy atom. The number of carbonyl (C=O) groups is 2. The number of amides is 2. The second-order valence-corrected chi connectivity index (χ2v) is 14.4. The number of hydrogen-bond acceptors (Lipinski definition) is 18. The number of benzene rings is 1. The highest BCUT2D eigenvalue weighted by atomic mass is 35.5. The Balaban J connectivity index is 1.83. The zero-order chi connectivity index (χ0) is 43.5. The number of nitrogens with two attached hydrogens (primary N) is 2. The molecular formula is C36H60ClN9O12. The number of guanidine groups is 1. The molecule has 9 atom stereocenters. The summed E-state index contributed by atoms with van der Waals surface area (Å²) in [6, 6.07) is 7.15. The normalized spacial score (nSPS) is 16.4. The van der Waals surface area contributed by atoms with Crippen LogP contribution in [0.1, 0.15) is 53.0 Å². The molecule has 9 unspecified atom stereocenters. The van der Waals surface area contributed by atoms with Gasteiger partial charge >= 0.3 is 0 Å². The van der Waals surface area contributed by atoms with Gasteiger partial charge in [0.1, 0.15) is 36.6 Å². The first kappa shape index (κ1) is 50.5. The largest absolute Gasteiger partial charge is 0.394 e. The van der Waals surface area contributed by atoms with Gasteiger partial charge in [-0.1, -0.05) is 35.9 Å². The predicted octanol–water partition coefficient (Wildman–Crippen LogP) is -4.76. The van der Waals surface area contributed by atoms with E-state index in [1.807, 2.05) is 24.3 Å². The molecule has 0 radical (unpaired) electrons. The molecule has 0 spiro atoms. The Hall–Kier alpha value is -3.68. The Labute approximate surface area is 341 Å². The molecule has 0 bridgehead atoms. The summed E-state index contributed by atoms with van der Waals surface area (Å²) >= 11 is 5.93. The first-order valence-corrected chi connectivity index (χ1v) is 19.2. The minimum absolute atomic E-state index is 0.0427. The minimum atomic E-state index is -1.91. The van der Waals surface area contributed by atoms with Crippen molar-refractivity contribution in [3.8, 4) is 0 Å². The summed E-state index contributed by atoms with van der Waals surface area (Å²) in [7, 11) is 0. The average molecular weight is 846 g/mol. The van der Waals surface area contributed by atoms with Crippen LogP contribution < -0.4 is 27.4 Å². The first-order chi connectivity index (χ1) is 27.4. The number of halogens is 1. The van der Waals surface area contributed by atoms with E-state index in [1.54, 1.807) is 6.92 Å². The van der Waals surface area contributed by atoms with E-state index in [2.05, 4.69) is 25.9 Å². The number of aliphatic hydroxyl groups is 10. The fourth-order valence-electron chi connectivity index (χ4n) is 5.80. The number of aliphatic hydroxyl groups excluding tert-OH is 10. The molecular weight excluding hydrogens is 786 g/mol. The number of nitrogens with one attached hydrogen (secondary N) is 4. The Morgan fingerprint density at radius 2 is 1.31 bits per heavy atom. The predicted molar refractivity (Wildman–Crippen MR) is 211 cm³/mol. The molecule has 58 heavy (non-hydrogen) atoms. The van der Waals surface area contributed by atoms with Gasteiger partial charge in [-0.05, 0) is 69.7 Å². The molecule has 0 fully saturated rings. The molecule has 2 aromatic rings. The molecule has 1 heterocycles. The van der Waals surface area contributed by atoms with Crippen LogP contribution in [0.3, 0.4) is 0 Å². The van der Waals surface area contributed by atoms with Crippen molar-refractivity contribution in [3.05, 3.63) is 51.9 Å². The smallest absolute Gasteiger partial charge is 0.280 e. The van der Waals surface area contributed by atoms with Crippen LogP contribution in [0, 0.1) is 12.3 Å². The van der Waals surface area contributed by atoms with Gasteiger partial charge < -0.3 is 73.2 Å². The lowest BCUT2D eigenvalue weighted by molar-refractivity contribution is -0.130. The van der Waals surface area contributed by atoms with E-state index in [1.165, 1.54) is 4.90 Å². The second-order valence-electron chi connectivity index (χ2n) is 14.0. The quantitative estimate of drug-likeness (QED) is 0.0228. The second kappa shape index (κ2) is 25.7. The zero-order valence-electron chi connectivity index (χ0n) is 32.4. The van der Waals surface area contributed by atoms with Crippen molar-refractivity contribution in [2.75, 3.05) is 51.7 Å². The van der Waals surface area contributed by atoms with Crippen molar-refractivity contribution in [3.63, 3.8) is 0 Å². The number of anilines is 1. The maximum atomic E-state index is 12.4. The Kier molecular flexibility index (Phi) is 22.4. The molecule has 18 N–H and O–H groups in total. The van der Waals surface area contributed by atoms with Crippen molar-refractivity contribution >= 4 is 35.2 Å². The zero-order valence-corrected chi connectivity index (χ0v) is 33.1. The van der Waals surface area contributed by atoms with E-state index in [9.17, 15) is 50.4 Å². The summed E-state index contributed by atoms with van der Waals surface area (Å²) in [5.41, 5.74) is 13.7. The molecule has 0 aliphatic carbocycles. The van der Waals surface area contributed by atoms with Gasteiger partial charge in [0.25, 0.3) is 5.91 Å². The van der Waals surface area contributed by atoms with Crippen LogP contribution in [-0.2, 0) is 17.6 Å². The third-order valence-corrected chi connectivity index (χ3v) is 9.72. The molecule has 0 aliphatic heterocycles. The lowest BCUT2D eigenvalue weighted by Crippen LogP contribution is -2.53. The van der Waals surface area contributed by atoms with Crippen LogP contribution in [0.15, 0.2) is 24.3 Å². The number of nitrogen functional groups attached to an aromatic ring is 1. The number of hydrogen-bond donors (Lipinski definition) is 16. The fraction of sp³-hybridized carbons (Fsp3) is 0.639. The van der Waals surface area contributed by atoms with Crippen LogP contribution >= 0.6 is 11.6 Å². The standard InChI is InChI=1S/C36H60ClN9O12/c1-19-32(37)44-27(33(38)43-19)35(58)45-36(40)42-12-3-2-5-20-6-8-21(9-7-20)10-11-22(34(39)57)41-13-4-14-46(15-23(49)28(53)30(55)25(51)17-47)16-24(50)29(54)31(56)26(52)18-48/h6-9,22-26,28-31,41,47-56H,2-5,10-18H2,1H3,(H2,38,43)(H2,39,57)(H3,40,42,45,58). The number of rotatable bonds is 27. The summed E-state index contributed by atoms with van der Waals surface area (Å²) < 4.78 is 0. The van der Waals surface area contributed by atoms with Crippen molar-refractivity contribution < 1.29 is 60.7 Å². The van der Waals surface area contributed by atoms with Gasteiger partial charge in [-0.15, -0.1) is 0 Å². The highest BCUT2D eigenvalue weighted by molar-refractivity contribution is 6.30. The maximum Gasteiger partial charge on any atom is 0.280 e. The summed E-state index contributed by atoms with van der Waals surface area (Å²) in [4.78, 5) is 33.9. The third-order valence-electron chi connectivity index (χ3n) is 9.36. The van der Waals surface area contributed by atoms with Gasteiger partial charge in [0, 0.05) is 19.6 Å². The summed E-state index contributed by atoms with van der Waals surface area (Å²) in [6.07, 6.45) is -11.1. The van der Waals surface area contributed by atoms with Crippen LogP contribution in [0.5, 0.6) is 0 Å². The summed E-state index contributed by atoms with van der Waals surface area (Å²) in [5, 5.41) is 115. The van der Waals surface area contributed by atoms with Crippen LogP contribution in [0.2, 0.25) is 5.15 Å². The summed E-state index contributed by atoms with van der Waals surface area (Å²) in [5.74, 6) is -1.60. The van der Waals surface area contributed by atoms with Gasteiger partial charge in [-0.2, -0.15) is 0 Å². The molecule has 2 rings (SSSR count). The Bertz CT molecular complexity index is 1540. The van der Waals surface area contributed by atoms with Gasteiger partial charge in [0.05, 0.1) is 37.2 Å². The molecule has 0 saturated heterocycles. The Morgan fingerprint density at radius 3 is 1.83 bits per heavy atom. The molecule has 1 aromatic carbocycles. The molecule has 1 aromatic heterocycles. The highest BCUT2D eigenvalue weighted by Crippen LogP contribution is 2.15.